The van der Waals surface area contributed by atoms with Gasteiger partial charge in [0.15, 0.2) is 6.29 Å². The van der Waals surface area contributed by atoms with Crippen LogP contribution in [0.25, 0.3) is 0 Å². The quantitative estimate of drug-likeness (QED) is 0.358. The Bertz CT molecular complexity index is 496. The first kappa shape index (κ1) is 16.2. The van der Waals surface area contributed by atoms with Crippen LogP contribution in [0.5, 0.6) is 5.75 Å². The lowest BCUT2D eigenvalue weighted by Gasteiger charge is -2.03. The fourth-order valence-corrected chi connectivity index (χ4v) is 2.18. The topological polar surface area (TPSA) is 97.1 Å². The summed E-state index contributed by atoms with van der Waals surface area (Å²) in [6.45, 7) is 1.82. The molecule has 2 fully saturated rings. The maximum atomic E-state index is 10.6. The Morgan fingerprint density at radius 2 is 1.82 bits per heavy atom. The molecule has 1 aromatic carbocycles. The molecule has 0 saturated carbocycles. The van der Waals surface area contributed by atoms with E-state index in [2.05, 4.69) is 9.47 Å². The normalized spacial score (nSPS) is 22.2. The molecule has 0 bridgehead atoms. The van der Waals surface area contributed by atoms with Gasteiger partial charge in [0.05, 0.1) is 25.2 Å². The van der Waals surface area contributed by atoms with E-state index >= 15 is 0 Å². The second kappa shape index (κ2) is 7.71. The maximum absolute atomic E-state index is 10.6. The Balaban J connectivity index is 0.000000183. The minimum atomic E-state index is -0.862. The summed E-state index contributed by atoms with van der Waals surface area (Å²) in [5.74, 6) is 0.928. The number of hydrogen-bond donors (Lipinski definition) is 0. The standard InChI is InChI=1S/C8H7NO5.C6H10O2/c1-13-8(10)14-7-4-2-6(3-5-7)9(11)12;1-3-7-6-5(1)2-4-8-6/h2-5H,1H3;5-6H,1-4H2. The zero-order valence-corrected chi connectivity index (χ0v) is 12.1. The van der Waals surface area contributed by atoms with Gasteiger partial charge in [-0.25, -0.2) is 4.79 Å². The Morgan fingerprint density at radius 3 is 2.27 bits per heavy atom. The molecule has 3 rings (SSSR count). The summed E-state index contributed by atoms with van der Waals surface area (Å²) in [4.78, 5) is 20.3. The fourth-order valence-electron chi connectivity index (χ4n) is 2.18. The molecular formula is C14H17NO7. The summed E-state index contributed by atoms with van der Waals surface area (Å²) in [6.07, 6.45) is 1.74. The summed E-state index contributed by atoms with van der Waals surface area (Å²) in [6, 6.07) is 5.10. The molecule has 8 heteroatoms. The van der Waals surface area contributed by atoms with Crippen molar-refractivity contribution in [3.63, 3.8) is 0 Å². The van der Waals surface area contributed by atoms with E-state index in [1.807, 2.05) is 0 Å². The molecule has 120 valence electrons. The van der Waals surface area contributed by atoms with Gasteiger partial charge in [0, 0.05) is 18.1 Å². The maximum Gasteiger partial charge on any atom is 0.513 e. The van der Waals surface area contributed by atoms with Gasteiger partial charge in [-0.3, -0.25) is 10.1 Å². The lowest BCUT2D eigenvalue weighted by molar-refractivity contribution is -0.384. The first-order valence-corrected chi connectivity index (χ1v) is 6.83. The number of carbonyl (C=O) groups is 1. The number of nitro benzene ring substituents is 1. The van der Waals surface area contributed by atoms with Crippen LogP contribution in [-0.4, -0.2) is 37.7 Å². The number of nitro groups is 1. The largest absolute Gasteiger partial charge is 0.513 e. The van der Waals surface area contributed by atoms with Crippen molar-refractivity contribution >= 4 is 11.8 Å². The predicted octanol–water partition coefficient (Wildman–Crippen LogP) is 2.51. The Morgan fingerprint density at radius 1 is 1.23 bits per heavy atom. The number of fused-ring (bicyclic) bond motifs is 1. The van der Waals surface area contributed by atoms with Crippen LogP contribution in [0.15, 0.2) is 24.3 Å². The summed E-state index contributed by atoms with van der Waals surface area (Å²) >= 11 is 0. The van der Waals surface area contributed by atoms with Crippen LogP contribution < -0.4 is 4.74 Å². The van der Waals surface area contributed by atoms with Crippen LogP contribution in [0, 0.1) is 16.0 Å². The number of hydrogen-bond acceptors (Lipinski definition) is 7. The van der Waals surface area contributed by atoms with Crippen molar-refractivity contribution in [2.45, 2.75) is 19.1 Å². The molecule has 2 aliphatic heterocycles. The number of carbonyl (C=O) groups excluding carboxylic acids is 1. The lowest BCUT2D eigenvalue weighted by Crippen LogP contribution is -2.08. The molecule has 22 heavy (non-hydrogen) atoms. The molecule has 0 atom stereocenters. The Hall–Kier alpha value is -2.19. The fraction of sp³-hybridized carbons (Fsp3) is 0.500. The van der Waals surface area contributed by atoms with Gasteiger partial charge in [-0.2, -0.15) is 0 Å². The highest BCUT2D eigenvalue weighted by atomic mass is 16.7. The molecule has 0 N–H and O–H groups in total. The van der Waals surface area contributed by atoms with E-state index in [-0.39, 0.29) is 17.7 Å². The van der Waals surface area contributed by atoms with Gasteiger partial charge < -0.3 is 18.9 Å². The first-order valence-electron chi connectivity index (χ1n) is 6.83. The van der Waals surface area contributed by atoms with Gasteiger partial charge in [-0.1, -0.05) is 0 Å². The molecule has 0 spiro atoms. The molecule has 2 saturated heterocycles. The van der Waals surface area contributed by atoms with Crippen molar-refractivity contribution in [3.05, 3.63) is 34.4 Å². The molecule has 0 aliphatic carbocycles. The summed E-state index contributed by atoms with van der Waals surface area (Å²) in [7, 11) is 1.17. The molecule has 2 heterocycles. The summed E-state index contributed by atoms with van der Waals surface area (Å²) in [5.41, 5.74) is -0.0674. The molecule has 0 aromatic heterocycles. The van der Waals surface area contributed by atoms with Crippen molar-refractivity contribution < 1.29 is 28.7 Å². The average Bonchev–Trinajstić information content (AvgIpc) is 3.12. The number of nitrogens with zero attached hydrogens (tertiary/aromatic N) is 1. The van der Waals surface area contributed by atoms with Crippen LogP contribution in [-0.2, 0) is 14.2 Å². The number of benzene rings is 1. The Kier molecular flexibility index (Phi) is 5.68. The molecular weight excluding hydrogens is 294 g/mol. The third-order valence-electron chi connectivity index (χ3n) is 3.34. The summed E-state index contributed by atoms with van der Waals surface area (Å²) < 4.78 is 19.4. The van der Waals surface area contributed by atoms with E-state index in [4.69, 9.17) is 9.47 Å². The molecule has 2 aliphatic rings. The monoisotopic (exact) mass is 311 g/mol. The van der Waals surface area contributed by atoms with Gasteiger partial charge in [0.2, 0.25) is 0 Å². The number of rotatable bonds is 2. The van der Waals surface area contributed by atoms with E-state index in [9.17, 15) is 14.9 Å². The average molecular weight is 311 g/mol. The van der Waals surface area contributed by atoms with Crippen LogP contribution in [0.1, 0.15) is 12.8 Å². The van der Waals surface area contributed by atoms with E-state index < -0.39 is 11.1 Å². The SMILES string of the molecule is C1CC2CCOC2O1.COC(=O)Oc1ccc([N+](=O)[O-])cc1. The minimum absolute atomic E-state index is 0.0674. The van der Waals surface area contributed by atoms with Gasteiger partial charge in [0.25, 0.3) is 5.69 Å². The van der Waals surface area contributed by atoms with Crippen molar-refractivity contribution in [1.82, 2.24) is 0 Å². The second-order valence-corrected chi connectivity index (χ2v) is 4.75. The van der Waals surface area contributed by atoms with Crippen molar-refractivity contribution in [1.29, 1.82) is 0 Å². The first-order chi connectivity index (χ1) is 10.6. The van der Waals surface area contributed by atoms with Crippen molar-refractivity contribution in [3.8, 4) is 5.75 Å². The highest BCUT2D eigenvalue weighted by Gasteiger charge is 2.33. The second-order valence-electron chi connectivity index (χ2n) is 4.75. The van der Waals surface area contributed by atoms with Gasteiger partial charge in [-0.05, 0) is 25.0 Å². The highest BCUT2D eigenvalue weighted by Crippen LogP contribution is 2.30. The van der Waals surface area contributed by atoms with Gasteiger partial charge in [-0.15, -0.1) is 0 Å². The van der Waals surface area contributed by atoms with Crippen LogP contribution in [0.4, 0.5) is 10.5 Å². The zero-order chi connectivity index (χ0) is 15.9. The van der Waals surface area contributed by atoms with E-state index in [1.54, 1.807) is 0 Å². The number of non-ortho nitro benzene ring substituents is 1. The molecule has 0 radical (unpaired) electrons. The third kappa shape index (κ3) is 4.40. The minimum Gasteiger partial charge on any atom is -0.437 e. The van der Waals surface area contributed by atoms with Crippen molar-refractivity contribution in [2.24, 2.45) is 5.92 Å². The zero-order valence-electron chi connectivity index (χ0n) is 12.1. The van der Waals surface area contributed by atoms with Crippen LogP contribution >= 0.6 is 0 Å². The molecule has 1 aromatic rings. The highest BCUT2D eigenvalue weighted by molar-refractivity contribution is 5.63. The lowest BCUT2D eigenvalue weighted by atomic mass is 10.1. The van der Waals surface area contributed by atoms with E-state index in [0.717, 1.165) is 19.1 Å². The number of ether oxygens (including phenoxy) is 4. The number of methoxy groups -OCH3 is 1. The van der Waals surface area contributed by atoms with Crippen LogP contribution in [0.2, 0.25) is 0 Å². The smallest absolute Gasteiger partial charge is 0.437 e. The third-order valence-corrected chi connectivity index (χ3v) is 3.34. The predicted molar refractivity (Wildman–Crippen MR) is 74.5 cm³/mol. The van der Waals surface area contributed by atoms with Crippen molar-refractivity contribution in [2.75, 3.05) is 20.3 Å². The molecule has 0 unspecified atom stereocenters. The molecule has 0 amide bonds. The summed E-state index contributed by atoms with van der Waals surface area (Å²) in [5, 5.41) is 10.3. The van der Waals surface area contributed by atoms with Gasteiger partial charge >= 0.3 is 6.16 Å². The van der Waals surface area contributed by atoms with Crippen LogP contribution in [0.3, 0.4) is 0 Å². The van der Waals surface area contributed by atoms with Gasteiger partial charge in [0.1, 0.15) is 5.75 Å². The molecule has 8 nitrogen and oxygen atoms in total. The van der Waals surface area contributed by atoms with E-state index in [1.165, 1.54) is 44.2 Å². The van der Waals surface area contributed by atoms with E-state index in [0.29, 0.717) is 0 Å². The Labute approximate surface area is 127 Å².